The number of aliphatic carboxylic acids is 1. The molecular weight excluding hydrogens is 350 g/mol. The number of carboxylic acid groups (broad SMARTS) is 1. The second kappa shape index (κ2) is 8.04. The molecule has 0 bridgehead atoms. The van der Waals surface area contributed by atoms with Crippen LogP contribution in [0.2, 0.25) is 4.47 Å². The van der Waals surface area contributed by atoms with Crippen LogP contribution in [0.1, 0.15) is 17.7 Å². The van der Waals surface area contributed by atoms with Gasteiger partial charge in [-0.2, -0.15) is 0 Å². The lowest BCUT2D eigenvalue weighted by Gasteiger charge is -2.36. The van der Waals surface area contributed by atoms with Gasteiger partial charge >= 0.3 is 5.97 Å². The van der Waals surface area contributed by atoms with Gasteiger partial charge in [-0.15, -0.1) is 11.3 Å². The first-order valence-electron chi connectivity index (χ1n) is 6.58. The number of carboxylic acids is 1. The normalized spacial score (nSPS) is 16.8. The molecule has 0 atom stereocenters. The van der Waals surface area contributed by atoms with Gasteiger partial charge in [-0.05, 0) is 6.42 Å². The van der Waals surface area contributed by atoms with Gasteiger partial charge in [0.15, 0.2) is 9.50 Å². The van der Waals surface area contributed by atoms with E-state index in [1.807, 2.05) is 0 Å². The van der Waals surface area contributed by atoms with Crippen molar-refractivity contribution in [3.63, 3.8) is 0 Å². The van der Waals surface area contributed by atoms with E-state index in [1.165, 1.54) is 16.2 Å². The molecule has 0 spiro atoms. The highest BCUT2D eigenvalue weighted by Crippen LogP contribution is 2.21. The van der Waals surface area contributed by atoms with Crippen LogP contribution in [0.3, 0.4) is 0 Å². The average molecular weight is 364 g/mol. The number of hydrazone groups is 1. The minimum absolute atomic E-state index is 0.0350. The number of ether oxygens (including phenoxy) is 1. The molecule has 2 rings (SSSR count). The molecule has 10 nitrogen and oxygen atoms in total. The molecular formula is C11H14ClN5O5S. The number of hydrogen-bond acceptors (Lipinski definition) is 6. The van der Waals surface area contributed by atoms with Crippen molar-refractivity contribution < 1.29 is 19.7 Å². The summed E-state index contributed by atoms with van der Waals surface area (Å²) in [6, 6.07) is 0. The van der Waals surface area contributed by atoms with Gasteiger partial charge in [0.25, 0.3) is 5.96 Å². The third kappa shape index (κ3) is 5.30. The zero-order valence-electron chi connectivity index (χ0n) is 11.9. The molecule has 0 unspecified atom stereocenters. The lowest BCUT2D eigenvalue weighted by molar-refractivity contribution is -0.486. The Labute approximate surface area is 140 Å². The van der Waals surface area contributed by atoms with Crippen molar-refractivity contribution in [2.75, 3.05) is 20.0 Å². The molecule has 1 aromatic heterocycles. The smallest absolute Gasteiger partial charge is 0.303 e. The molecule has 0 saturated carbocycles. The van der Waals surface area contributed by atoms with Crippen molar-refractivity contribution in [2.24, 2.45) is 5.10 Å². The Morgan fingerprint density at radius 3 is 2.91 bits per heavy atom. The lowest BCUT2D eigenvalue weighted by atomic mass is 10.3. The molecule has 0 radical (unpaired) electrons. The zero-order valence-corrected chi connectivity index (χ0v) is 13.5. The van der Waals surface area contributed by atoms with Crippen LogP contribution >= 0.6 is 22.9 Å². The van der Waals surface area contributed by atoms with E-state index < -0.39 is 11.0 Å². The van der Waals surface area contributed by atoms with E-state index in [-0.39, 0.29) is 25.8 Å². The monoisotopic (exact) mass is 363 g/mol. The fourth-order valence-corrected chi connectivity index (χ4v) is 3.02. The van der Waals surface area contributed by atoms with Crippen LogP contribution in [-0.4, -0.2) is 56.9 Å². The number of halogens is 1. The molecule has 1 fully saturated rings. The summed E-state index contributed by atoms with van der Waals surface area (Å²) in [4.78, 5) is 29.2. The van der Waals surface area contributed by atoms with Crippen molar-refractivity contribution in [1.82, 2.24) is 14.8 Å². The van der Waals surface area contributed by atoms with Crippen LogP contribution in [0, 0.1) is 10.1 Å². The molecule has 1 aliphatic rings. The van der Waals surface area contributed by atoms with Crippen molar-refractivity contribution in [2.45, 2.75) is 19.4 Å². The molecule has 23 heavy (non-hydrogen) atoms. The number of nitro groups is 1. The molecule has 1 aromatic rings. The molecule has 0 aromatic carbocycles. The maximum Gasteiger partial charge on any atom is 0.303 e. The van der Waals surface area contributed by atoms with Gasteiger partial charge < -0.3 is 19.6 Å². The van der Waals surface area contributed by atoms with Crippen LogP contribution in [-0.2, 0) is 16.1 Å². The van der Waals surface area contributed by atoms with E-state index in [2.05, 4.69) is 10.1 Å². The van der Waals surface area contributed by atoms with Crippen LogP contribution < -0.4 is 0 Å². The summed E-state index contributed by atoms with van der Waals surface area (Å²) in [6.07, 6.45) is 1.88. The first kappa shape index (κ1) is 17.4. The first-order chi connectivity index (χ1) is 11.0. The fraction of sp³-hybridized carbons (Fsp3) is 0.545. The molecule has 1 saturated heterocycles. The Hall–Kier alpha value is -1.98. The largest absolute Gasteiger partial charge is 0.481 e. The average Bonchev–Trinajstić information content (AvgIpc) is 2.86. The quantitative estimate of drug-likeness (QED) is 0.567. The molecule has 1 aliphatic heterocycles. The van der Waals surface area contributed by atoms with E-state index in [4.69, 9.17) is 21.4 Å². The van der Waals surface area contributed by atoms with E-state index in [0.29, 0.717) is 24.0 Å². The highest BCUT2D eigenvalue weighted by Gasteiger charge is 2.28. The summed E-state index contributed by atoms with van der Waals surface area (Å²) in [5.74, 6) is -0.789. The third-order valence-corrected chi connectivity index (χ3v) is 4.02. The van der Waals surface area contributed by atoms with Gasteiger partial charge in [0.05, 0.1) is 6.54 Å². The predicted octanol–water partition coefficient (Wildman–Crippen LogP) is 1.26. The standard InChI is InChI=1S/C11H14ClN5O5S/c12-10-13-4-8(23-10)5-16-7-22-6-15(3-1-2-9(18)19)11(16)14-17(20)21/h4H,1-3,5-7H2,(H,18,19)/b14-11+. The summed E-state index contributed by atoms with van der Waals surface area (Å²) in [7, 11) is 0. The summed E-state index contributed by atoms with van der Waals surface area (Å²) in [5.41, 5.74) is 0. The SMILES string of the molecule is O=C(O)CCCN1COCN(Cc2cnc(Cl)s2)/C1=N/[N+](=O)[O-]. The highest BCUT2D eigenvalue weighted by molar-refractivity contribution is 7.15. The second-order valence-corrected chi connectivity index (χ2v) is 6.34. The Bertz CT molecular complexity index is 609. The minimum atomic E-state index is -0.924. The van der Waals surface area contributed by atoms with Gasteiger partial charge in [-0.25, -0.2) is 15.1 Å². The van der Waals surface area contributed by atoms with Gasteiger partial charge in [-0.3, -0.25) is 4.79 Å². The maximum atomic E-state index is 10.8. The summed E-state index contributed by atoms with van der Waals surface area (Å²) in [5, 5.41) is 22.1. The second-order valence-electron chi connectivity index (χ2n) is 4.64. The molecule has 0 amide bonds. The summed E-state index contributed by atoms with van der Waals surface area (Å²) < 4.78 is 5.77. The van der Waals surface area contributed by atoms with E-state index in [1.54, 1.807) is 11.1 Å². The third-order valence-electron chi connectivity index (χ3n) is 2.92. The number of rotatable bonds is 7. The fourth-order valence-electron chi connectivity index (χ4n) is 2.02. The molecule has 12 heteroatoms. The van der Waals surface area contributed by atoms with Crippen LogP contribution in [0.5, 0.6) is 0 Å². The topological polar surface area (TPSA) is 121 Å². The Morgan fingerprint density at radius 2 is 2.30 bits per heavy atom. The molecule has 0 aliphatic carbocycles. The number of aromatic nitrogens is 1. The molecule has 126 valence electrons. The lowest BCUT2D eigenvalue weighted by Crippen LogP contribution is -2.51. The Morgan fingerprint density at radius 1 is 1.57 bits per heavy atom. The van der Waals surface area contributed by atoms with Crippen molar-refractivity contribution >= 4 is 34.9 Å². The number of nitrogens with zero attached hydrogens (tertiary/aromatic N) is 5. The first-order valence-corrected chi connectivity index (χ1v) is 7.78. The van der Waals surface area contributed by atoms with Crippen molar-refractivity contribution in [3.05, 3.63) is 25.7 Å². The van der Waals surface area contributed by atoms with Crippen LogP contribution in [0.25, 0.3) is 0 Å². The Balaban J connectivity index is 2.09. The molecule has 1 N–H and O–H groups in total. The number of hydrogen-bond donors (Lipinski definition) is 1. The number of carbonyl (C=O) groups is 1. The minimum Gasteiger partial charge on any atom is -0.481 e. The summed E-state index contributed by atoms with van der Waals surface area (Å²) in [6.45, 7) is 0.856. The van der Waals surface area contributed by atoms with Gasteiger partial charge in [0, 0.05) is 24.0 Å². The van der Waals surface area contributed by atoms with Gasteiger partial charge in [0.2, 0.25) is 0 Å². The van der Waals surface area contributed by atoms with Gasteiger partial charge in [0.1, 0.15) is 18.6 Å². The van der Waals surface area contributed by atoms with Crippen LogP contribution in [0.4, 0.5) is 0 Å². The summed E-state index contributed by atoms with van der Waals surface area (Å²) >= 11 is 7.04. The zero-order chi connectivity index (χ0) is 16.8. The highest BCUT2D eigenvalue weighted by atomic mass is 35.5. The van der Waals surface area contributed by atoms with Crippen molar-refractivity contribution in [3.8, 4) is 0 Å². The van der Waals surface area contributed by atoms with Crippen LogP contribution in [0.15, 0.2) is 11.3 Å². The van der Waals surface area contributed by atoms with E-state index in [9.17, 15) is 14.9 Å². The van der Waals surface area contributed by atoms with Gasteiger partial charge in [-0.1, -0.05) is 11.6 Å². The Kier molecular flexibility index (Phi) is 6.07. The van der Waals surface area contributed by atoms with E-state index >= 15 is 0 Å². The van der Waals surface area contributed by atoms with Crippen molar-refractivity contribution in [1.29, 1.82) is 0 Å². The molecule has 2 heterocycles. The van der Waals surface area contributed by atoms with E-state index in [0.717, 1.165) is 4.88 Å². The number of guanidine groups is 1. The predicted molar refractivity (Wildman–Crippen MR) is 81.5 cm³/mol. The number of thiazole rings is 1. The maximum absolute atomic E-state index is 10.8.